The van der Waals surface area contributed by atoms with E-state index in [1.165, 1.54) is 4.90 Å². The molecule has 0 radical (unpaired) electrons. The summed E-state index contributed by atoms with van der Waals surface area (Å²) in [6, 6.07) is 7.56. The van der Waals surface area contributed by atoms with E-state index in [4.69, 9.17) is 9.47 Å². The van der Waals surface area contributed by atoms with Gasteiger partial charge in [0.15, 0.2) is 0 Å². The van der Waals surface area contributed by atoms with Crippen molar-refractivity contribution in [2.45, 2.75) is 76.8 Å². The van der Waals surface area contributed by atoms with Crippen molar-refractivity contribution < 1.29 is 28.7 Å². The van der Waals surface area contributed by atoms with Gasteiger partial charge in [0, 0.05) is 6.04 Å². The minimum atomic E-state index is -1.01. The summed E-state index contributed by atoms with van der Waals surface area (Å²) in [5.41, 5.74) is 0.179. The maximum Gasteiger partial charge on any atom is 0.411 e. The normalized spacial score (nSPS) is 23.2. The minimum absolute atomic E-state index is 0.0168. The third-order valence-corrected chi connectivity index (χ3v) is 5.57. The molecule has 1 heterocycles. The van der Waals surface area contributed by atoms with Gasteiger partial charge in [-0.05, 0) is 51.5 Å². The van der Waals surface area contributed by atoms with Crippen molar-refractivity contribution >= 4 is 24.3 Å². The Morgan fingerprint density at radius 2 is 1.90 bits per heavy atom. The molecule has 1 aliphatic heterocycles. The molecule has 168 valence electrons. The number of esters is 1. The Kier molecular flexibility index (Phi) is 6.97. The topological polar surface area (TPSA) is 102 Å². The van der Waals surface area contributed by atoms with Gasteiger partial charge in [-0.2, -0.15) is 0 Å². The number of rotatable bonds is 7. The van der Waals surface area contributed by atoms with Gasteiger partial charge in [-0.3, -0.25) is 14.5 Å². The van der Waals surface area contributed by atoms with Crippen LogP contribution in [0.1, 0.15) is 52.0 Å². The smallest absolute Gasteiger partial charge is 0.411 e. The molecule has 2 bridgehead atoms. The Labute approximate surface area is 182 Å². The second kappa shape index (κ2) is 9.49. The average molecular weight is 431 g/mol. The highest BCUT2D eigenvalue weighted by atomic mass is 16.6. The minimum Gasteiger partial charge on any atom is -0.460 e. The van der Waals surface area contributed by atoms with Crippen molar-refractivity contribution in [1.29, 1.82) is 0 Å². The molecule has 8 nitrogen and oxygen atoms in total. The van der Waals surface area contributed by atoms with Gasteiger partial charge in [0.05, 0.1) is 12.5 Å². The van der Waals surface area contributed by atoms with Crippen LogP contribution in [0, 0.1) is 5.92 Å². The molecule has 2 aliphatic rings. The lowest BCUT2D eigenvalue weighted by Crippen LogP contribution is -2.55. The Balaban J connectivity index is 1.62. The van der Waals surface area contributed by atoms with Crippen LogP contribution in [0.15, 0.2) is 30.3 Å². The Morgan fingerprint density at radius 3 is 2.55 bits per heavy atom. The summed E-state index contributed by atoms with van der Waals surface area (Å²) >= 11 is 0. The van der Waals surface area contributed by atoms with Crippen LogP contribution in [0.4, 0.5) is 4.79 Å². The molecular formula is C23H30N2O6. The third kappa shape index (κ3) is 5.83. The number of piperidine rings is 1. The monoisotopic (exact) mass is 430 g/mol. The molecule has 1 saturated heterocycles. The van der Waals surface area contributed by atoms with E-state index in [9.17, 15) is 19.2 Å². The fourth-order valence-electron chi connectivity index (χ4n) is 4.35. The van der Waals surface area contributed by atoms with Crippen molar-refractivity contribution in [2.75, 3.05) is 0 Å². The Hall–Kier alpha value is -2.90. The molecule has 8 heteroatoms. The molecule has 1 aromatic rings. The Bertz CT molecular complexity index is 819. The van der Waals surface area contributed by atoms with E-state index < -0.39 is 35.7 Å². The van der Waals surface area contributed by atoms with Crippen LogP contribution in [-0.4, -0.2) is 52.9 Å². The van der Waals surface area contributed by atoms with E-state index in [2.05, 4.69) is 5.32 Å². The maximum atomic E-state index is 13.0. The van der Waals surface area contributed by atoms with E-state index >= 15 is 0 Å². The van der Waals surface area contributed by atoms with Crippen molar-refractivity contribution in [3.05, 3.63) is 35.9 Å². The van der Waals surface area contributed by atoms with Gasteiger partial charge in [0.25, 0.3) is 0 Å². The number of nitrogens with zero attached hydrogens (tertiary/aromatic N) is 1. The fraction of sp³-hybridized carbons (Fsp3) is 0.565. The van der Waals surface area contributed by atoms with Gasteiger partial charge >= 0.3 is 12.1 Å². The van der Waals surface area contributed by atoms with E-state index in [0.717, 1.165) is 24.8 Å². The molecule has 3 rings (SSSR count). The predicted octanol–water partition coefficient (Wildman–Crippen LogP) is 2.59. The molecule has 2 amide bonds. The lowest BCUT2D eigenvalue weighted by molar-refractivity contribution is -0.156. The van der Waals surface area contributed by atoms with Crippen LogP contribution >= 0.6 is 0 Å². The van der Waals surface area contributed by atoms with E-state index in [-0.39, 0.29) is 25.0 Å². The number of hydrogen-bond donors (Lipinski definition) is 1. The van der Waals surface area contributed by atoms with Crippen LogP contribution < -0.4 is 5.32 Å². The number of benzene rings is 1. The standard InChI is InChI=1S/C23H30N2O6/c1-23(2,3)31-19(27)12-17(13-26)24-21(28)20-16-9-10-18(11-16)25(20)22(29)30-14-15-7-5-4-6-8-15/h4-8,13,16-18,20H,9-12,14H2,1-3H3,(H,24,28)/t16?,17-,18?,20?/m0/s1. The van der Waals surface area contributed by atoms with Crippen molar-refractivity contribution in [2.24, 2.45) is 5.92 Å². The number of carbonyl (C=O) groups is 4. The summed E-state index contributed by atoms with van der Waals surface area (Å²) in [7, 11) is 0. The molecule has 1 aliphatic carbocycles. The second-order valence-electron chi connectivity index (χ2n) is 9.16. The van der Waals surface area contributed by atoms with Crippen LogP contribution in [-0.2, 0) is 30.5 Å². The highest BCUT2D eigenvalue weighted by Gasteiger charge is 2.52. The van der Waals surface area contributed by atoms with E-state index in [1.54, 1.807) is 20.8 Å². The summed E-state index contributed by atoms with van der Waals surface area (Å²) in [4.78, 5) is 50.8. The largest absolute Gasteiger partial charge is 0.460 e. The zero-order valence-corrected chi connectivity index (χ0v) is 18.2. The summed E-state index contributed by atoms with van der Waals surface area (Å²) in [5.74, 6) is -0.996. The summed E-state index contributed by atoms with van der Waals surface area (Å²) in [6.07, 6.45) is 2.12. The molecule has 1 saturated carbocycles. The van der Waals surface area contributed by atoms with E-state index in [1.807, 2.05) is 30.3 Å². The molecule has 1 N–H and O–H groups in total. The van der Waals surface area contributed by atoms with Crippen LogP contribution in [0.3, 0.4) is 0 Å². The third-order valence-electron chi connectivity index (χ3n) is 5.57. The van der Waals surface area contributed by atoms with Gasteiger partial charge in [-0.25, -0.2) is 4.79 Å². The first-order valence-electron chi connectivity index (χ1n) is 10.6. The summed E-state index contributed by atoms with van der Waals surface area (Å²) < 4.78 is 10.7. The average Bonchev–Trinajstić information content (AvgIpc) is 3.32. The molecule has 0 spiro atoms. The van der Waals surface area contributed by atoms with Crippen LogP contribution in [0.2, 0.25) is 0 Å². The highest BCUT2D eigenvalue weighted by Crippen LogP contribution is 2.43. The molecule has 31 heavy (non-hydrogen) atoms. The quantitative estimate of drug-likeness (QED) is 0.527. The zero-order chi connectivity index (χ0) is 22.6. The van der Waals surface area contributed by atoms with Gasteiger partial charge in [-0.1, -0.05) is 30.3 Å². The number of nitrogens with one attached hydrogen (secondary N) is 1. The number of likely N-dealkylation sites (tertiary alicyclic amines) is 1. The van der Waals surface area contributed by atoms with Gasteiger partial charge in [-0.15, -0.1) is 0 Å². The number of aldehydes is 1. The van der Waals surface area contributed by atoms with Gasteiger partial charge < -0.3 is 19.6 Å². The lowest BCUT2D eigenvalue weighted by Gasteiger charge is -2.34. The predicted molar refractivity (Wildman–Crippen MR) is 112 cm³/mol. The molecule has 4 atom stereocenters. The van der Waals surface area contributed by atoms with Crippen LogP contribution in [0.5, 0.6) is 0 Å². The zero-order valence-electron chi connectivity index (χ0n) is 18.2. The van der Waals surface area contributed by atoms with Crippen LogP contribution in [0.25, 0.3) is 0 Å². The number of carbonyl (C=O) groups excluding carboxylic acids is 4. The molecule has 3 unspecified atom stereocenters. The number of hydrogen-bond acceptors (Lipinski definition) is 6. The molecule has 0 aromatic heterocycles. The fourth-order valence-corrected chi connectivity index (χ4v) is 4.35. The lowest BCUT2D eigenvalue weighted by atomic mass is 9.97. The number of ether oxygens (including phenoxy) is 2. The first kappa shape index (κ1) is 22.8. The molecule has 1 aromatic carbocycles. The summed E-state index contributed by atoms with van der Waals surface area (Å²) in [6.45, 7) is 5.31. The van der Waals surface area contributed by atoms with Crippen molar-refractivity contribution in [1.82, 2.24) is 10.2 Å². The SMILES string of the molecule is CC(C)(C)OC(=O)C[C@@H](C=O)NC(=O)C1C2CCC(C2)N1C(=O)OCc1ccccc1. The molecular weight excluding hydrogens is 400 g/mol. The second-order valence-corrected chi connectivity index (χ2v) is 9.16. The van der Waals surface area contributed by atoms with Crippen molar-refractivity contribution in [3.8, 4) is 0 Å². The van der Waals surface area contributed by atoms with E-state index in [0.29, 0.717) is 6.29 Å². The van der Waals surface area contributed by atoms with Gasteiger partial charge in [0.1, 0.15) is 24.5 Å². The number of amides is 2. The van der Waals surface area contributed by atoms with Crippen molar-refractivity contribution in [3.63, 3.8) is 0 Å². The Morgan fingerprint density at radius 1 is 1.19 bits per heavy atom. The molecule has 2 fully saturated rings. The highest BCUT2D eigenvalue weighted by molar-refractivity contribution is 5.90. The maximum absolute atomic E-state index is 13.0. The summed E-state index contributed by atoms with van der Waals surface area (Å²) in [5, 5.41) is 2.61. The number of fused-ring (bicyclic) bond motifs is 2. The first-order valence-corrected chi connectivity index (χ1v) is 10.6. The first-order chi connectivity index (χ1) is 14.7. The van der Waals surface area contributed by atoms with Gasteiger partial charge in [0.2, 0.25) is 5.91 Å².